The molecule has 4 heteroatoms. The molecule has 0 amide bonds. The Morgan fingerprint density at radius 3 is 2.38 bits per heavy atom. The lowest BCUT2D eigenvalue weighted by molar-refractivity contribution is 0.624. The molecule has 0 bridgehead atoms. The standard InChI is InChI=1S/C17H16FN3/c1-12-2-6-14(7-3-12)17-16(19)11-21(20-17)10-13-4-8-15(18)9-5-13/h2-9,11H,10,19H2,1H3. The van der Waals surface area contributed by atoms with Gasteiger partial charge in [-0.15, -0.1) is 0 Å². The minimum atomic E-state index is -0.237. The Morgan fingerprint density at radius 1 is 1.05 bits per heavy atom. The molecule has 0 radical (unpaired) electrons. The maximum atomic E-state index is 12.9. The summed E-state index contributed by atoms with van der Waals surface area (Å²) in [5.41, 5.74) is 10.6. The van der Waals surface area contributed by atoms with E-state index in [1.807, 2.05) is 31.2 Å². The molecule has 0 saturated heterocycles. The highest BCUT2D eigenvalue weighted by atomic mass is 19.1. The second-order valence-corrected chi connectivity index (χ2v) is 5.12. The predicted molar refractivity (Wildman–Crippen MR) is 82.3 cm³/mol. The Kier molecular flexibility index (Phi) is 3.44. The van der Waals surface area contributed by atoms with Crippen LogP contribution < -0.4 is 5.73 Å². The van der Waals surface area contributed by atoms with Crippen LogP contribution in [-0.4, -0.2) is 9.78 Å². The van der Waals surface area contributed by atoms with Gasteiger partial charge in [-0.3, -0.25) is 4.68 Å². The van der Waals surface area contributed by atoms with E-state index in [0.29, 0.717) is 12.2 Å². The lowest BCUT2D eigenvalue weighted by Gasteiger charge is -2.02. The van der Waals surface area contributed by atoms with Gasteiger partial charge in [0.15, 0.2) is 0 Å². The maximum Gasteiger partial charge on any atom is 0.123 e. The first-order chi connectivity index (χ1) is 10.1. The van der Waals surface area contributed by atoms with Gasteiger partial charge in [0, 0.05) is 11.8 Å². The van der Waals surface area contributed by atoms with Gasteiger partial charge < -0.3 is 5.73 Å². The Labute approximate surface area is 122 Å². The molecule has 3 rings (SSSR count). The minimum absolute atomic E-state index is 0.237. The third kappa shape index (κ3) is 2.94. The largest absolute Gasteiger partial charge is 0.396 e. The van der Waals surface area contributed by atoms with Gasteiger partial charge in [0.25, 0.3) is 0 Å². The topological polar surface area (TPSA) is 43.8 Å². The van der Waals surface area contributed by atoms with Crippen molar-refractivity contribution in [1.82, 2.24) is 9.78 Å². The molecule has 1 heterocycles. The Morgan fingerprint density at radius 2 is 1.71 bits per heavy atom. The summed E-state index contributed by atoms with van der Waals surface area (Å²) in [6.45, 7) is 2.61. The van der Waals surface area contributed by atoms with Gasteiger partial charge in [-0.2, -0.15) is 5.10 Å². The van der Waals surface area contributed by atoms with Gasteiger partial charge in [0.1, 0.15) is 11.5 Å². The first kappa shape index (κ1) is 13.4. The first-order valence-corrected chi connectivity index (χ1v) is 6.76. The molecule has 3 aromatic rings. The van der Waals surface area contributed by atoms with E-state index in [1.165, 1.54) is 17.7 Å². The normalized spacial score (nSPS) is 10.8. The number of anilines is 1. The highest BCUT2D eigenvalue weighted by molar-refractivity contribution is 5.72. The van der Waals surface area contributed by atoms with E-state index < -0.39 is 0 Å². The van der Waals surface area contributed by atoms with Gasteiger partial charge in [0.05, 0.1) is 12.2 Å². The predicted octanol–water partition coefficient (Wildman–Crippen LogP) is 3.63. The van der Waals surface area contributed by atoms with Crippen molar-refractivity contribution < 1.29 is 4.39 Å². The fourth-order valence-corrected chi connectivity index (χ4v) is 2.23. The van der Waals surface area contributed by atoms with Crippen molar-refractivity contribution in [2.24, 2.45) is 0 Å². The summed E-state index contributed by atoms with van der Waals surface area (Å²) in [7, 11) is 0. The fraction of sp³-hybridized carbons (Fsp3) is 0.118. The molecule has 2 N–H and O–H groups in total. The summed E-state index contributed by atoms with van der Waals surface area (Å²) in [4.78, 5) is 0. The van der Waals surface area contributed by atoms with Crippen LogP contribution in [0.15, 0.2) is 54.7 Å². The summed E-state index contributed by atoms with van der Waals surface area (Å²) >= 11 is 0. The van der Waals surface area contributed by atoms with Gasteiger partial charge in [0.2, 0.25) is 0 Å². The van der Waals surface area contributed by atoms with Crippen LogP contribution in [0.3, 0.4) is 0 Å². The highest BCUT2D eigenvalue weighted by Gasteiger charge is 2.08. The second kappa shape index (κ2) is 5.40. The van der Waals surface area contributed by atoms with E-state index >= 15 is 0 Å². The van der Waals surface area contributed by atoms with Crippen LogP contribution in [0, 0.1) is 12.7 Å². The van der Waals surface area contributed by atoms with Crippen LogP contribution in [0.2, 0.25) is 0 Å². The van der Waals surface area contributed by atoms with Crippen LogP contribution in [0.4, 0.5) is 10.1 Å². The number of rotatable bonds is 3. The molecule has 0 spiro atoms. The van der Waals surface area contributed by atoms with E-state index in [4.69, 9.17) is 5.73 Å². The molecule has 0 aliphatic carbocycles. The number of hydrogen-bond donors (Lipinski definition) is 1. The summed E-state index contributed by atoms with van der Waals surface area (Å²) in [6.07, 6.45) is 1.80. The number of aryl methyl sites for hydroxylation is 1. The van der Waals surface area contributed by atoms with Crippen LogP contribution >= 0.6 is 0 Å². The Bertz CT molecular complexity index is 743. The molecule has 0 aliphatic rings. The summed E-state index contributed by atoms with van der Waals surface area (Å²) < 4.78 is 14.7. The van der Waals surface area contributed by atoms with Crippen molar-refractivity contribution in [1.29, 1.82) is 0 Å². The first-order valence-electron chi connectivity index (χ1n) is 6.76. The molecular formula is C17H16FN3. The zero-order chi connectivity index (χ0) is 14.8. The van der Waals surface area contributed by atoms with Gasteiger partial charge >= 0.3 is 0 Å². The summed E-state index contributed by atoms with van der Waals surface area (Å²) in [6, 6.07) is 14.5. The third-order valence-electron chi connectivity index (χ3n) is 3.37. The number of aromatic nitrogens is 2. The molecule has 106 valence electrons. The number of hydrogen-bond acceptors (Lipinski definition) is 2. The number of benzene rings is 2. The molecule has 1 aromatic heterocycles. The van der Waals surface area contributed by atoms with Crippen molar-refractivity contribution in [3.8, 4) is 11.3 Å². The van der Waals surface area contributed by atoms with E-state index in [9.17, 15) is 4.39 Å². The summed E-state index contributed by atoms with van der Waals surface area (Å²) in [5.74, 6) is -0.237. The highest BCUT2D eigenvalue weighted by Crippen LogP contribution is 2.24. The molecule has 2 aromatic carbocycles. The second-order valence-electron chi connectivity index (χ2n) is 5.12. The van der Waals surface area contributed by atoms with Crippen molar-refractivity contribution in [3.63, 3.8) is 0 Å². The minimum Gasteiger partial charge on any atom is -0.396 e. The molecule has 0 unspecified atom stereocenters. The van der Waals surface area contributed by atoms with E-state index in [-0.39, 0.29) is 5.82 Å². The molecular weight excluding hydrogens is 265 g/mol. The van der Waals surface area contributed by atoms with E-state index in [1.54, 1.807) is 23.0 Å². The smallest absolute Gasteiger partial charge is 0.123 e. The van der Waals surface area contributed by atoms with Gasteiger partial charge in [-0.1, -0.05) is 42.0 Å². The molecule has 0 saturated carbocycles. The molecule has 21 heavy (non-hydrogen) atoms. The van der Waals surface area contributed by atoms with Gasteiger partial charge in [-0.05, 0) is 24.6 Å². The maximum absolute atomic E-state index is 12.9. The van der Waals surface area contributed by atoms with E-state index in [0.717, 1.165) is 16.8 Å². The van der Waals surface area contributed by atoms with Crippen LogP contribution in [-0.2, 0) is 6.54 Å². The van der Waals surface area contributed by atoms with Gasteiger partial charge in [-0.25, -0.2) is 4.39 Å². The van der Waals surface area contributed by atoms with Crippen molar-refractivity contribution in [3.05, 3.63) is 71.7 Å². The fourth-order valence-electron chi connectivity index (χ4n) is 2.23. The number of nitrogens with two attached hydrogens (primary N) is 1. The quantitative estimate of drug-likeness (QED) is 0.796. The van der Waals surface area contributed by atoms with Crippen LogP contribution in [0.5, 0.6) is 0 Å². The Balaban J connectivity index is 1.87. The SMILES string of the molecule is Cc1ccc(-c2nn(Cc3ccc(F)cc3)cc2N)cc1. The van der Waals surface area contributed by atoms with Crippen LogP contribution in [0.25, 0.3) is 11.3 Å². The average Bonchev–Trinajstić information content (AvgIpc) is 2.83. The zero-order valence-corrected chi connectivity index (χ0v) is 11.8. The number of nitrogen functional groups attached to an aromatic ring is 1. The lowest BCUT2D eigenvalue weighted by atomic mass is 10.1. The monoisotopic (exact) mass is 281 g/mol. The van der Waals surface area contributed by atoms with E-state index in [2.05, 4.69) is 5.10 Å². The molecule has 0 aliphatic heterocycles. The molecule has 3 nitrogen and oxygen atoms in total. The summed E-state index contributed by atoms with van der Waals surface area (Å²) in [5, 5.41) is 4.53. The third-order valence-corrected chi connectivity index (χ3v) is 3.37. The lowest BCUT2D eigenvalue weighted by Crippen LogP contribution is -2.00. The number of nitrogens with zero attached hydrogens (tertiary/aromatic N) is 2. The van der Waals surface area contributed by atoms with Crippen molar-refractivity contribution >= 4 is 5.69 Å². The molecule has 0 fully saturated rings. The molecule has 0 atom stereocenters. The Hall–Kier alpha value is -2.62. The average molecular weight is 281 g/mol. The zero-order valence-electron chi connectivity index (χ0n) is 11.8. The van der Waals surface area contributed by atoms with Crippen molar-refractivity contribution in [2.75, 3.05) is 5.73 Å². The number of halogens is 1. The van der Waals surface area contributed by atoms with Crippen LogP contribution in [0.1, 0.15) is 11.1 Å². The van der Waals surface area contributed by atoms with Crippen molar-refractivity contribution in [2.45, 2.75) is 13.5 Å².